The summed E-state index contributed by atoms with van der Waals surface area (Å²) < 4.78 is 12.8. The maximum atomic E-state index is 8.83. The molecular weight excluding hydrogens is 276 g/mol. The summed E-state index contributed by atoms with van der Waals surface area (Å²) in [7, 11) is -5.13. The molecule has 0 amide bonds. The van der Waals surface area contributed by atoms with Gasteiger partial charge in [0.2, 0.25) is 0 Å². The van der Waals surface area contributed by atoms with Gasteiger partial charge in [-0.3, -0.25) is 0 Å². The topological polar surface area (TPSA) is 38.7 Å². The molecule has 1 N–H and O–H groups in total. The molecule has 0 saturated heterocycles. The van der Waals surface area contributed by atoms with E-state index < -0.39 is 25.2 Å². The lowest BCUT2D eigenvalue weighted by molar-refractivity contribution is 0.283. The third-order valence-corrected chi connectivity index (χ3v) is 11.9. The van der Waals surface area contributed by atoms with Crippen molar-refractivity contribution < 1.29 is 13.3 Å². The van der Waals surface area contributed by atoms with Crippen molar-refractivity contribution in [3.63, 3.8) is 0 Å². The molecular formula is C12H32O3Si3. The third-order valence-electron chi connectivity index (χ3n) is 2.33. The number of unbranched alkanes of at least 4 members (excludes halogenated alkanes) is 2. The van der Waals surface area contributed by atoms with E-state index in [2.05, 4.69) is 45.8 Å². The van der Waals surface area contributed by atoms with Crippen molar-refractivity contribution in [1.29, 1.82) is 0 Å². The third kappa shape index (κ3) is 10.5. The molecule has 0 aromatic carbocycles. The molecule has 0 aliphatic rings. The molecule has 0 aromatic heterocycles. The predicted octanol–water partition coefficient (Wildman–Crippen LogP) is 3.92. The molecule has 0 aliphatic carbocycles. The monoisotopic (exact) mass is 308 g/mol. The summed E-state index contributed by atoms with van der Waals surface area (Å²) >= 11 is 0. The lowest BCUT2D eigenvalue weighted by Crippen LogP contribution is -2.52. The standard InChI is InChI=1S/C12H32O3Si3/c1-16(2,3)14-18(7,15-17(4,5)6)12-10-8-9-11-13/h13H,8-12H2,1-7H3. The second-order valence-electron chi connectivity index (χ2n) is 7.10. The zero-order valence-corrected chi connectivity index (χ0v) is 16.3. The van der Waals surface area contributed by atoms with E-state index in [0.717, 1.165) is 25.3 Å². The van der Waals surface area contributed by atoms with Crippen molar-refractivity contribution in [2.45, 2.75) is 71.1 Å². The van der Waals surface area contributed by atoms with E-state index >= 15 is 0 Å². The van der Waals surface area contributed by atoms with Crippen LogP contribution in [-0.2, 0) is 8.23 Å². The number of aliphatic hydroxyl groups excluding tert-OH is 1. The SMILES string of the molecule is C[Si](C)(C)O[Si](C)(CCCCCO)O[Si](C)(C)C. The van der Waals surface area contributed by atoms with Crippen molar-refractivity contribution >= 4 is 25.2 Å². The molecule has 6 heteroatoms. The first kappa shape index (κ1) is 18.5. The van der Waals surface area contributed by atoms with Gasteiger partial charge in [0.15, 0.2) is 16.6 Å². The van der Waals surface area contributed by atoms with Crippen molar-refractivity contribution in [1.82, 2.24) is 0 Å². The molecule has 0 unspecified atom stereocenters. The summed E-state index contributed by atoms with van der Waals surface area (Å²) in [6.07, 6.45) is 3.08. The van der Waals surface area contributed by atoms with Gasteiger partial charge in [-0.05, 0) is 58.3 Å². The van der Waals surface area contributed by atoms with Crippen LogP contribution < -0.4 is 0 Å². The molecule has 0 spiro atoms. The maximum absolute atomic E-state index is 8.83. The van der Waals surface area contributed by atoms with Gasteiger partial charge < -0.3 is 13.3 Å². The van der Waals surface area contributed by atoms with Gasteiger partial charge in [0.05, 0.1) is 0 Å². The van der Waals surface area contributed by atoms with Crippen LogP contribution in [0.5, 0.6) is 0 Å². The molecule has 0 bridgehead atoms. The largest absolute Gasteiger partial charge is 0.437 e. The lowest BCUT2D eigenvalue weighted by atomic mass is 10.3. The Morgan fingerprint density at radius 1 is 0.722 bits per heavy atom. The molecule has 0 rings (SSSR count). The second-order valence-corrected chi connectivity index (χ2v) is 19.9. The van der Waals surface area contributed by atoms with Gasteiger partial charge in [-0.1, -0.05) is 12.8 Å². The minimum absolute atomic E-state index is 0.294. The van der Waals surface area contributed by atoms with E-state index in [4.69, 9.17) is 13.3 Å². The van der Waals surface area contributed by atoms with Crippen LogP contribution in [-0.4, -0.2) is 36.9 Å². The molecule has 0 radical (unpaired) electrons. The minimum atomic E-state index is -2.03. The van der Waals surface area contributed by atoms with Crippen LogP contribution in [0, 0.1) is 0 Å². The molecule has 0 atom stereocenters. The van der Waals surface area contributed by atoms with Crippen LogP contribution in [0.1, 0.15) is 19.3 Å². The van der Waals surface area contributed by atoms with Gasteiger partial charge in [0.1, 0.15) is 0 Å². The van der Waals surface area contributed by atoms with Crippen molar-refractivity contribution in [3.05, 3.63) is 0 Å². The number of aliphatic hydroxyl groups is 1. The van der Waals surface area contributed by atoms with Crippen LogP contribution in [0.2, 0.25) is 51.9 Å². The normalized spacial score (nSPS) is 14.0. The van der Waals surface area contributed by atoms with Gasteiger partial charge >= 0.3 is 8.56 Å². The highest BCUT2D eigenvalue weighted by Gasteiger charge is 2.39. The van der Waals surface area contributed by atoms with Crippen LogP contribution in [0.4, 0.5) is 0 Å². The Bertz CT molecular complexity index is 218. The summed E-state index contributed by atoms with van der Waals surface area (Å²) in [4.78, 5) is 0. The minimum Gasteiger partial charge on any atom is -0.437 e. The number of hydrogen-bond donors (Lipinski definition) is 1. The highest BCUT2D eigenvalue weighted by molar-refractivity contribution is 6.87. The van der Waals surface area contributed by atoms with Crippen molar-refractivity contribution in [2.24, 2.45) is 0 Å². The summed E-state index contributed by atoms with van der Waals surface area (Å²) in [5.41, 5.74) is 0. The summed E-state index contributed by atoms with van der Waals surface area (Å²) in [5.74, 6) is 0. The van der Waals surface area contributed by atoms with Crippen LogP contribution in [0.25, 0.3) is 0 Å². The van der Waals surface area contributed by atoms with Gasteiger partial charge in [-0.25, -0.2) is 0 Å². The first-order valence-corrected chi connectivity index (χ1v) is 16.3. The molecule has 0 heterocycles. The van der Waals surface area contributed by atoms with Gasteiger partial charge in [0.25, 0.3) is 0 Å². The van der Waals surface area contributed by atoms with Crippen LogP contribution >= 0.6 is 0 Å². The molecule has 0 aliphatic heterocycles. The molecule has 0 fully saturated rings. The fourth-order valence-corrected chi connectivity index (χ4v) is 14.8. The molecule has 0 saturated carbocycles. The maximum Gasteiger partial charge on any atom is 0.314 e. The van der Waals surface area contributed by atoms with Gasteiger partial charge in [-0.15, -0.1) is 0 Å². The number of rotatable bonds is 9. The van der Waals surface area contributed by atoms with Crippen LogP contribution in [0.15, 0.2) is 0 Å². The Morgan fingerprint density at radius 2 is 1.17 bits per heavy atom. The van der Waals surface area contributed by atoms with E-state index in [0.29, 0.717) is 6.61 Å². The first-order valence-electron chi connectivity index (χ1n) is 6.99. The Balaban J connectivity index is 4.50. The highest BCUT2D eigenvalue weighted by Crippen LogP contribution is 2.26. The Kier molecular flexibility index (Phi) is 7.57. The molecule has 18 heavy (non-hydrogen) atoms. The zero-order valence-electron chi connectivity index (χ0n) is 13.3. The van der Waals surface area contributed by atoms with Crippen molar-refractivity contribution in [3.8, 4) is 0 Å². The Morgan fingerprint density at radius 3 is 1.50 bits per heavy atom. The first-order chi connectivity index (χ1) is 7.97. The quantitative estimate of drug-likeness (QED) is 0.518. The average molecular weight is 309 g/mol. The Hall–Kier alpha value is 0.531. The van der Waals surface area contributed by atoms with E-state index in [1.807, 2.05) is 0 Å². The van der Waals surface area contributed by atoms with E-state index in [-0.39, 0.29) is 0 Å². The fraction of sp³-hybridized carbons (Fsp3) is 1.00. The zero-order chi connectivity index (χ0) is 14.4. The van der Waals surface area contributed by atoms with E-state index in [9.17, 15) is 0 Å². The molecule has 110 valence electrons. The second kappa shape index (κ2) is 7.35. The predicted molar refractivity (Wildman–Crippen MR) is 86.2 cm³/mol. The van der Waals surface area contributed by atoms with E-state index in [1.165, 1.54) is 0 Å². The summed E-state index contributed by atoms with van der Waals surface area (Å²) in [5, 5.41) is 8.83. The lowest BCUT2D eigenvalue weighted by Gasteiger charge is -2.38. The molecule has 3 nitrogen and oxygen atoms in total. The summed E-state index contributed by atoms with van der Waals surface area (Å²) in [6.45, 7) is 15.9. The van der Waals surface area contributed by atoms with Crippen LogP contribution in [0.3, 0.4) is 0 Å². The summed E-state index contributed by atoms with van der Waals surface area (Å²) in [6, 6.07) is 1.06. The Labute approximate surface area is 116 Å². The van der Waals surface area contributed by atoms with Gasteiger partial charge in [0, 0.05) is 6.61 Å². The van der Waals surface area contributed by atoms with Crippen molar-refractivity contribution in [2.75, 3.05) is 6.61 Å². The van der Waals surface area contributed by atoms with E-state index in [1.54, 1.807) is 0 Å². The fourth-order valence-electron chi connectivity index (χ4n) is 2.15. The average Bonchev–Trinajstić information content (AvgIpc) is 2.05. The smallest absolute Gasteiger partial charge is 0.314 e. The number of hydrogen-bond acceptors (Lipinski definition) is 3. The highest BCUT2D eigenvalue weighted by atomic mass is 28.5. The molecule has 0 aromatic rings. The van der Waals surface area contributed by atoms with Gasteiger partial charge in [-0.2, -0.15) is 0 Å².